The molecule has 1 N–H and O–H groups in total. The van der Waals surface area contributed by atoms with Gasteiger partial charge in [0.25, 0.3) is 0 Å². The lowest BCUT2D eigenvalue weighted by Gasteiger charge is -2.12. The summed E-state index contributed by atoms with van der Waals surface area (Å²) in [5.74, 6) is 0. The second-order valence-electron chi connectivity index (χ2n) is 4.22. The SMILES string of the molecule is C=C/C(=C/CCCCC)C(O)c1ccccc1. The zero-order valence-electron chi connectivity index (χ0n) is 10.6. The first-order valence-electron chi connectivity index (χ1n) is 6.35. The molecule has 0 spiro atoms. The summed E-state index contributed by atoms with van der Waals surface area (Å²) < 4.78 is 0. The van der Waals surface area contributed by atoms with Gasteiger partial charge in [-0.1, -0.05) is 68.8 Å². The number of hydrogen-bond acceptors (Lipinski definition) is 1. The van der Waals surface area contributed by atoms with Crippen LogP contribution in [0.2, 0.25) is 0 Å². The maximum absolute atomic E-state index is 10.2. The molecule has 0 amide bonds. The van der Waals surface area contributed by atoms with Gasteiger partial charge in [-0.25, -0.2) is 0 Å². The largest absolute Gasteiger partial charge is 0.384 e. The van der Waals surface area contributed by atoms with E-state index >= 15 is 0 Å². The van der Waals surface area contributed by atoms with E-state index in [0.717, 1.165) is 17.6 Å². The topological polar surface area (TPSA) is 20.2 Å². The van der Waals surface area contributed by atoms with Crippen molar-refractivity contribution in [1.29, 1.82) is 0 Å². The van der Waals surface area contributed by atoms with Crippen molar-refractivity contribution < 1.29 is 5.11 Å². The fourth-order valence-electron chi connectivity index (χ4n) is 1.80. The number of allylic oxidation sites excluding steroid dienone is 1. The van der Waals surface area contributed by atoms with Crippen LogP contribution in [0, 0.1) is 0 Å². The first kappa shape index (κ1) is 13.7. The predicted octanol–water partition coefficient (Wildman–Crippen LogP) is 4.41. The minimum atomic E-state index is -0.546. The Morgan fingerprint density at radius 2 is 2.00 bits per heavy atom. The Kier molecular flexibility index (Phi) is 6.34. The van der Waals surface area contributed by atoms with Crippen molar-refractivity contribution in [1.82, 2.24) is 0 Å². The van der Waals surface area contributed by atoms with Crippen molar-refractivity contribution in [2.45, 2.75) is 38.7 Å². The van der Waals surface area contributed by atoms with Crippen molar-refractivity contribution in [3.8, 4) is 0 Å². The van der Waals surface area contributed by atoms with Gasteiger partial charge < -0.3 is 5.11 Å². The molecule has 0 aliphatic rings. The number of rotatable bonds is 7. The van der Waals surface area contributed by atoms with E-state index in [2.05, 4.69) is 19.6 Å². The molecule has 17 heavy (non-hydrogen) atoms. The molecule has 0 heterocycles. The minimum Gasteiger partial charge on any atom is -0.384 e. The molecule has 0 aliphatic heterocycles. The van der Waals surface area contributed by atoms with E-state index < -0.39 is 6.10 Å². The summed E-state index contributed by atoms with van der Waals surface area (Å²) in [6.07, 6.45) is 7.95. The molecule has 0 aromatic heterocycles. The summed E-state index contributed by atoms with van der Waals surface area (Å²) in [6.45, 7) is 5.97. The number of aliphatic hydroxyl groups excluding tert-OH is 1. The Morgan fingerprint density at radius 1 is 1.29 bits per heavy atom. The zero-order valence-corrected chi connectivity index (χ0v) is 10.6. The summed E-state index contributed by atoms with van der Waals surface area (Å²) in [5, 5.41) is 10.2. The van der Waals surface area contributed by atoms with Crippen molar-refractivity contribution in [2.24, 2.45) is 0 Å². The van der Waals surface area contributed by atoms with E-state index in [1.54, 1.807) is 6.08 Å². The molecule has 1 aromatic rings. The van der Waals surface area contributed by atoms with Crippen LogP contribution < -0.4 is 0 Å². The van der Waals surface area contributed by atoms with Crippen molar-refractivity contribution >= 4 is 0 Å². The quantitative estimate of drug-likeness (QED) is 0.543. The lowest BCUT2D eigenvalue weighted by Crippen LogP contribution is -1.99. The van der Waals surface area contributed by atoms with Crippen LogP contribution in [0.25, 0.3) is 0 Å². The highest BCUT2D eigenvalue weighted by atomic mass is 16.3. The third-order valence-corrected chi connectivity index (χ3v) is 2.85. The number of unbranched alkanes of at least 4 members (excludes halogenated alkanes) is 3. The molecule has 92 valence electrons. The third-order valence-electron chi connectivity index (χ3n) is 2.85. The van der Waals surface area contributed by atoms with Gasteiger partial charge in [-0.05, 0) is 24.0 Å². The summed E-state index contributed by atoms with van der Waals surface area (Å²) in [7, 11) is 0. The normalized spacial score (nSPS) is 13.4. The summed E-state index contributed by atoms with van der Waals surface area (Å²) in [6, 6.07) is 9.71. The second kappa shape index (κ2) is 7.86. The van der Waals surface area contributed by atoms with Crippen LogP contribution in [0.4, 0.5) is 0 Å². The Bertz CT molecular complexity index is 351. The molecular weight excluding hydrogens is 208 g/mol. The van der Waals surface area contributed by atoms with E-state index in [4.69, 9.17) is 0 Å². The van der Waals surface area contributed by atoms with Crippen LogP contribution in [0.15, 0.2) is 54.6 Å². The number of benzene rings is 1. The van der Waals surface area contributed by atoms with E-state index in [1.807, 2.05) is 30.3 Å². The molecule has 1 rings (SSSR count). The highest BCUT2D eigenvalue weighted by Crippen LogP contribution is 2.22. The van der Waals surface area contributed by atoms with Gasteiger partial charge in [-0.15, -0.1) is 0 Å². The van der Waals surface area contributed by atoms with Crippen LogP contribution in [0.3, 0.4) is 0 Å². The molecule has 0 aliphatic carbocycles. The summed E-state index contributed by atoms with van der Waals surface area (Å²) >= 11 is 0. The first-order chi connectivity index (χ1) is 8.29. The van der Waals surface area contributed by atoms with Gasteiger partial charge in [-0.3, -0.25) is 0 Å². The molecule has 1 atom stereocenters. The minimum absolute atomic E-state index is 0.546. The number of aliphatic hydroxyl groups is 1. The van der Waals surface area contributed by atoms with Gasteiger partial charge in [0.2, 0.25) is 0 Å². The van der Waals surface area contributed by atoms with Crippen LogP contribution in [-0.4, -0.2) is 5.11 Å². The monoisotopic (exact) mass is 230 g/mol. The zero-order chi connectivity index (χ0) is 12.5. The van der Waals surface area contributed by atoms with Crippen LogP contribution in [-0.2, 0) is 0 Å². The summed E-state index contributed by atoms with van der Waals surface area (Å²) in [4.78, 5) is 0. The van der Waals surface area contributed by atoms with Crippen LogP contribution >= 0.6 is 0 Å². The van der Waals surface area contributed by atoms with Crippen molar-refractivity contribution in [3.63, 3.8) is 0 Å². The van der Waals surface area contributed by atoms with Gasteiger partial charge in [0, 0.05) is 0 Å². The summed E-state index contributed by atoms with van der Waals surface area (Å²) in [5.41, 5.74) is 1.83. The molecule has 1 unspecified atom stereocenters. The molecule has 1 nitrogen and oxygen atoms in total. The lowest BCUT2D eigenvalue weighted by molar-refractivity contribution is 0.219. The maximum atomic E-state index is 10.2. The Morgan fingerprint density at radius 3 is 2.59 bits per heavy atom. The molecule has 0 bridgehead atoms. The van der Waals surface area contributed by atoms with Gasteiger partial charge in [0.05, 0.1) is 0 Å². The van der Waals surface area contributed by atoms with E-state index in [1.165, 1.54) is 19.3 Å². The van der Waals surface area contributed by atoms with Gasteiger partial charge in [0.15, 0.2) is 0 Å². The molecule has 0 saturated heterocycles. The lowest BCUT2D eigenvalue weighted by atomic mass is 10.00. The first-order valence-corrected chi connectivity index (χ1v) is 6.35. The highest BCUT2D eigenvalue weighted by molar-refractivity contribution is 5.31. The Balaban J connectivity index is 2.64. The van der Waals surface area contributed by atoms with E-state index in [-0.39, 0.29) is 0 Å². The van der Waals surface area contributed by atoms with Crippen LogP contribution in [0.1, 0.15) is 44.3 Å². The molecule has 0 saturated carbocycles. The third kappa shape index (κ3) is 4.58. The second-order valence-corrected chi connectivity index (χ2v) is 4.22. The average Bonchev–Trinajstić information content (AvgIpc) is 2.39. The fraction of sp³-hybridized carbons (Fsp3) is 0.375. The van der Waals surface area contributed by atoms with Crippen LogP contribution in [0.5, 0.6) is 0 Å². The van der Waals surface area contributed by atoms with Crippen molar-refractivity contribution in [2.75, 3.05) is 0 Å². The van der Waals surface area contributed by atoms with E-state index in [9.17, 15) is 5.11 Å². The Hall–Kier alpha value is -1.34. The van der Waals surface area contributed by atoms with E-state index in [0.29, 0.717) is 0 Å². The molecule has 0 radical (unpaired) electrons. The van der Waals surface area contributed by atoms with Gasteiger partial charge >= 0.3 is 0 Å². The highest BCUT2D eigenvalue weighted by Gasteiger charge is 2.09. The molecule has 1 heteroatoms. The molecular formula is C16H22O. The molecule has 1 aromatic carbocycles. The van der Waals surface area contributed by atoms with Gasteiger partial charge in [0.1, 0.15) is 6.10 Å². The average molecular weight is 230 g/mol. The fourth-order valence-corrected chi connectivity index (χ4v) is 1.80. The van der Waals surface area contributed by atoms with Gasteiger partial charge in [-0.2, -0.15) is 0 Å². The maximum Gasteiger partial charge on any atom is 0.104 e. The molecule has 0 fully saturated rings. The Labute approximate surface area is 104 Å². The standard InChI is InChI=1S/C16H22O/c1-3-5-6-8-11-14(4-2)16(17)15-12-9-7-10-13-15/h4,7,9-13,16-17H,2-3,5-6,8H2,1H3/b14-11-. The number of hydrogen-bond donors (Lipinski definition) is 1. The predicted molar refractivity (Wildman–Crippen MR) is 73.8 cm³/mol. The van der Waals surface area contributed by atoms with Crippen molar-refractivity contribution in [3.05, 3.63) is 60.2 Å². The smallest absolute Gasteiger partial charge is 0.104 e.